The van der Waals surface area contributed by atoms with Crippen molar-refractivity contribution in [3.8, 4) is 0 Å². The highest BCUT2D eigenvalue weighted by Crippen LogP contribution is 2.27. The van der Waals surface area contributed by atoms with Crippen molar-refractivity contribution in [3.05, 3.63) is 24.1 Å². The summed E-state index contributed by atoms with van der Waals surface area (Å²) in [5.41, 5.74) is 0. The van der Waals surface area contributed by atoms with Crippen LogP contribution in [0.25, 0.3) is 0 Å². The molecule has 14 heavy (non-hydrogen) atoms. The van der Waals surface area contributed by atoms with Gasteiger partial charge in [0.25, 0.3) is 0 Å². The molecule has 3 nitrogen and oxygen atoms in total. The number of hydrogen-bond acceptors (Lipinski definition) is 3. The van der Waals surface area contributed by atoms with E-state index in [2.05, 4.69) is 4.98 Å². The van der Waals surface area contributed by atoms with E-state index in [9.17, 15) is 9.50 Å². The Labute approximate surface area is 82.2 Å². The number of nitrogens with zero attached hydrogens (tertiary/aromatic N) is 2. The summed E-state index contributed by atoms with van der Waals surface area (Å²) in [7, 11) is 1.87. The van der Waals surface area contributed by atoms with Crippen LogP contribution in [0.5, 0.6) is 0 Å². The van der Waals surface area contributed by atoms with Crippen LogP contribution >= 0.6 is 0 Å². The first-order valence-electron chi connectivity index (χ1n) is 4.71. The summed E-state index contributed by atoms with van der Waals surface area (Å²) in [4.78, 5) is 5.85. The highest BCUT2D eigenvalue weighted by Gasteiger charge is 2.32. The smallest absolute Gasteiger partial charge is 0.141 e. The molecule has 0 aliphatic heterocycles. The predicted molar refractivity (Wildman–Crippen MR) is 51.6 cm³/mol. The minimum absolute atomic E-state index is 0.132. The monoisotopic (exact) mass is 196 g/mol. The summed E-state index contributed by atoms with van der Waals surface area (Å²) >= 11 is 0. The van der Waals surface area contributed by atoms with Gasteiger partial charge < -0.3 is 10.0 Å². The lowest BCUT2D eigenvalue weighted by Gasteiger charge is -2.40. The number of aliphatic hydroxyl groups is 1. The molecule has 0 amide bonds. The van der Waals surface area contributed by atoms with Crippen LogP contribution in [0.15, 0.2) is 18.3 Å². The van der Waals surface area contributed by atoms with Crippen LogP contribution in [-0.4, -0.2) is 29.3 Å². The Kier molecular flexibility index (Phi) is 2.37. The van der Waals surface area contributed by atoms with E-state index >= 15 is 0 Å². The van der Waals surface area contributed by atoms with E-state index in [-0.39, 0.29) is 18.0 Å². The topological polar surface area (TPSA) is 36.4 Å². The van der Waals surface area contributed by atoms with E-state index in [0.29, 0.717) is 5.82 Å². The molecule has 0 aromatic carbocycles. The highest BCUT2D eigenvalue weighted by atomic mass is 19.1. The number of pyridine rings is 1. The number of anilines is 1. The average molecular weight is 196 g/mol. The molecule has 1 aliphatic rings. The molecule has 1 fully saturated rings. The predicted octanol–water partition coefficient (Wildman–Crippen LogP) is 1.18. The van der Waals surface area contributed by atoms with Crippen molar-refractivity contribution in [1.29, 1.82) is 0 Å². The Morgan fingerprint density at radius 2 is 2.29 bits per heavy atom. The molecule has 2 unspecified atom stereocenters. The van der Waals surface area contributed by atoms with Gasteiger partial charge in [-0.2, -0.15) is 0 Å². The van der Waals surface area contributed by atoms with Crippen molar-refractivity contribution in [2.24, 2.45) is 0 Å². The number of halogens is 1. The molecule has 0 spiro atoms. The standard InChI is InChI=1S/C10H13FN2O/c1-13(8-3-4-9(8)14)10-5-2-7(11)6-12-10/h2,5-6,8-9,14H,3-4H2,1H3. The summed E-state index contributed by atoms with van der Waals surface area (Å²) in [6.07, 6.45) is 2.73. The molecule has 0 bridgehead atoms. The number of hydrogen-bond donors (Lipinski definition) is 1. The maximum absolute atomic E-state index is 12.6. The molecule has 1 aromatic heterocycles. The maximum atomic E-state index is 12.6. The summed E-state index contributed by atoms with van der Waals surface area (Å²) in [5, 5.41) is 9.45. The van der Waals surface area contributed by atoms with Crippen molar-refractivity contribution in [2.75, 3.05) is 11.9 Å². The number of aliphatic hydroxyl groups excluding tert-OH is 1. The van der Waals surface area contributed by atoms with E-state index in [4.69, 9.17) is 0 Å². The van der Waals surface area contributed by atoms with E-state index in [1.165, 1.54) is 12.3 Å². The van der Waals surface area contributed by atoms with Crippen LogP contribution in [0.4, 0.5) is 10.2 Å². The van der Waals surface area contributed by atoms with Gasteiger partial charge in [-0.25, -0.2) is 9.37 Å². The first kappa shape index (κ1) is 9.40. The van der Waals surface area contributed by atoms with E-state index in [1.807, 2.05) is 11.9 Å². The van der Waals surface area contributed by atoms with Gasteiger partial charge in [-0.15, -0.1) is 0 Å². The molecule has 1 N–H and O–H groups in total. The molecule has 1 aromatic rings. The van der Waals surface area contributed by atoms with E-state index < -0.39 is 0 Å². The molecule has 76 valence electrons. The van der Waals surface area contributed by atoms with Crippen LogP contribution in [0.2, 0.25) is 0 Å². The van der Waals surface area contributed by atoms with Crippen LogP contribution in [0, 0.1) is 5.82 Å². The lowest BCUT2D eigenvalue weighted by atomic mass is 9.88. The number of rotatable bonds is 2. The zero-order chi connectivity index (χ0) is 10.1. The minimum Gasteiger partial charge on any atom is -0.391 e. The molecule has 1 saturated carbocycles. The first-order valence-corrected chi connectivity index (χ1v) is 4.71. The van der Waals surface area contributed by atoms with Gasteiger partial charge in [-0.05, 0) is 25.0 Å². The first-order chi connectivity index (χ1) is 6.68. The fourth-order valence-electron chi connectivity index (χ4n) is 1.66. The van der Waals surface area contributed by atoms with Gasteiger partial charge >= 0.3 is 0 Å². The lowest BCUT2D eigenvalue weighted by Crippen LogP contribution is -2.49. The number of likely N-dealkylation sites (N-methyl/N-ethyl adjacent to an activating group) is 1. The summed E-state index contributed by atoms with van der Waals surface area (Å²) < 4.78 is 12.6. The van der Waals surface area contributed by atoms with Gasteiger partial charge in [0.05, 0.1) is 18.3 Å². The van der Waals surface area contributed by atoms with Crippen LogP contribution in [0.3, 0.4) is 0 Å². The van der Waals surface area contributed by atoms with Crippen LogP contribution in [0.1, 0.15) is 12.8 Å². The Bertz CT molecular complexity index is 314. The van der Waals surface area contributed by atoms with Gasteiger partial charge in [-0.1, -0.05) is 0 Å². The molecule has 2 atom stereocenters. The summed E-state index contributed by atoms with van der Waals surface area (Å²) in [5.74, 6) is 0.367. The second kappa shape index (κ2) is 3.53. The molecule has 4 heteroatoms. The SMILES string of the molecule is CN(c1ccc(F)cn1)C1CCC1O. The van der Waals surface area contributed by atoms with Gasteiger partial charge in [-0.3, -0.25) is 0 Å². The Hall–Kier alpha value is -1.16. The lowest BCUT2D eigenvalue weighted by molar-refractivity contribution is 0.0665. The van der Waals surface area contributed by atoms with Gasteiger partial charge in [0.1, 0.15) is 11.6 Å². The van der Waals surface area contributed by atoms with Gasteiger partial charge in [0.15, 0.2) is 0 Å². The Balaban J connectivity index is 2.10. The average Bonchev–Trinajstić information content (AvgIpc) is 2.16. The third kappa shape index (κ3) is 1.57. The van der Waals surface area contributed by atoms with Crippen molar-refractivity contribution in [2.45, 2.75) is 25.0 Å². The molecule has 0 saturated heterocycles. The molecule has 2 rings (SSSR count). The largest absolute Gasteiger partial charge is 0.391 e. The van der Waals surface area contributed by atoms with Gasteiger partial charge in [0.2, 0.25) is 0 Å². The fraction of sp³-hybridized carbons (Fsp3) is 0.500. The Morgan fingerprint density at radius 3 is 2.71 bits per heavy atom. The number of aromatic nitrogens is 1. The summed E-state index contributed by atoms with van der Waals surface area (Å²) in [6, 6.07) is 3.14. The summed E-state index contributed by atoms with van der Waals surface area (Å²) in [6.45, 7) is 0. The molecule has 0 radical (unpaired) electrons. The van der Waals surface area contributed by atoms with Crippen molar-refractivity contribution < 1.29 is 9.50 Å². The third-order valence-corrected chi connectivity index (χ3v) is 2.77. The third-order valence-electron chi connectivity index (χ3n) is 2.77. The van der Waals surface area contributed by atoms with Crippen molar-refractivity contribution >= 4 is 5.82 Å². The van der Waals surface area contributed by atoms with Crippen molar-refractivity contribution in [3.63, 3.8) is 0 Å². The molecular weight excluding hydrogens is 183 g/mol. The quantitative estimate of drug-likeness (QED) is 0.771. The molecular formula is C10H13FN2O. The zero-order valence-corrected chi connectivity index (χ0v) is 8.02. The van der Waals surface area contributed by atoms with Crippen LogP contribution in [-0.2, 0) is 0 Å². The zero-order valence-electron chi connectivity index (χ0n) is 8.02. The second-order valence-electron chi connectivity index (χ2n) is 3.66. The maximum Gasteiger partial charge on any atom is 0.141 e. The second-order valence-corrected chi connectivity index (χ2v) is 3.66. The fourth-order valence-corrected chi connectivity index (χ4v) is 1.66. The molecule has 1 aliphatic carbocycles. The van der Waals surface area contributed by atoms with Crippen LogP contribution < -0.4 is 4.90 Å². The van der Waals surface area contributed by atoms with E-state index in [1.54, 1.807) is 6.07 Å². The highest BCUT2D eigenvalue weighted by molar-refractivity contribution is 5.39. The Morgan fingerprint density at radius 1 is 1.50 bits per heavy atom. The van der Waals surface area contributed by atoms with Crippen molar-refractivity contribution in [1.82, 2.24) is 4.98 Å². The minimum atomic E-state index is -0.337. The normalized spacial score (nSPS) is 25.6. The molecule has 1 heterocycles. The van der Waals surface area contributed by atoms with Gasteiger partial charge in [0, 0.05) is 7.05 Å². The van der Waals surface area contributed by atoms with E-state index in [0.717, 1.165) is 12.8 Å².